The summed E-state index contributed by atoms with van der Waals surface area (Å²) < 4.78 is 58.1. The summed E-state index contributed by atoms with van der Waals surface area (Å²) in [5.74, 6) is 0.129. The van der Waals surface area contributed by atoms with E-state index >= 15 is 0 Å². The molecule has 0 spiro atoms. The summed E-state index contributed by atoms with van der Waals surface area (Å²) in [6.45, 7) is 4.29. The number of sulfonamides is 2. The molecular weight excluding hydrogens is 352 g/mol. The summed E-state index contributed by atoms with van der Waals surface area (Å²) in [7, 11) is -5.49. The van der Waals surface area contributed by atoms with Gasteiger partial charge in [0.15, 0.2) is 0 Å². The third-order valence-electron chi connectivity index (χ3n) is 4.00. The Morgan fingerprint density at radius 1 is 1.21 bits per heavy atom. The summed E-state index contributed by atoms with van der Waals surface area (Å²) in [5.41, 5.74) is 1.70. The lowest BCUT2D eigenvalue weighted by Crippen LogP contribution is -2.38. The van der Waals surface area contributed by atoms with Gasteiger partial charge in [0.1, 0.15) is 0 Å². The molecule has 0 aliphatic carbocycles. The second-order valence-electron chi connectivity index (χ2n) is 5.89. The smallest absolute Gasteiger partial charge is 0.240 e. The van der Waals surface area contributed by atoms with E-state index in [9.17, 15) is 16.8 Å². The van der Waals surface area contributed by atoms with E-state index in [0.717, 1.165) is 6.42 Å². The van der Waals surface area contributed by atoms with Crippen molar-refractivity contribution in [2.45, 2.75) is 31.6 Å². The highest BCUT2D eigenvalue weighted by atomic mass is 32.2. The largest absolute Gasteiger partial charge is 0.383 e. The molecule has 7 nitrogen and oxygen atoms in total. The summed E-state index contributed by atoms with van der Waals surface area (Å²) in [4.78, 5) is 0.161. The molecule has 1 aromatic carbocycles. The van der Waals surface area contributed by atoms with Gasteiger partial charge in [-0.1, -0.05) is 0 Å². The highest BCUT2D eigenvalue weighted by Gasteiger charge is 2.28. The Kier molecular flexibility index (Phi) is 5.90. The molecule has 0 aromatic heterocycles. The van der Waals surface area contributed by atoms with Gasteiger partial charge in [-0.25, -0.2) is 21.6 Å². The molecule has 24 heavy (non-hydrogen) atoms. The van der Waals surface area contributed by atoms with Crippen molar-refractivity contribution in [3.63, 3.8) is 0 Å². The van der Waals surface area contributed by atoms with Gasteiger partial charge < -0.3 is 4.74 Å². The third-order valence-corrected chi connectivity index (χ3v) is 7.46. The van der Waals surface area contributed by atoms with Gasteiger partial charge in [-0.05, 0) is 49.9 Å². The van der Waals surface area contributed by atoms with Crippen molar-refractivity contribution in [3.8, 4) is 0 Å². The van der Waals surface area contributed by atoms with Crippen LogP contribution in [0.2, 0.25) is 0 Å². The van der Waals surface area contributed by atoms with Crippen molar-refractivity contribution in [1.82, 2.24) is 4.72 Å². The van der Waals surface area contributed by atoms with E-state index in [1.807, 2.05) is 0 Å². The molecule has 1 saturated heterocycles. The summed E-state index contributed by atoms with van der Waals surface area (Å²) in [6.07, 6.45) is 1.46. The van der Waals surface area contributed by atoms with Crippen molar-refractivity contribution in [2.24, 2.45) is 0 Å². The minimum Gasteiger partial charge on any atom is -0.383 e. The van der Waals surface area contributed by atoms with Crippen molar-refractivity contribution < 1.29 is 21.6 Å². The van der Waals surface area contributed by atoms with Crippen LogP contribution in [0, 0.1) is 13.8 Å². The van der Waals surface area contributed by atoms with E-state index in [0.29, 0.717) is 29.8 Å². The molecule has 1 aromatic rings. The summed E-state index contributed by atoms with van der Waals surface area (Å²) in [6, 6.07) is 3.17. The van der Waals surface area contributed by atoms with Crippen molar-refractivity contribution >= 4 is 25.7 Å². The number of hydrogen-bond donors (Lipinski definition) is 1. The van der Waals surface area contributed by atoms with Crippen LogP contribution in [-0.4, -0.2) is 49.4 Å². The second-order valence-corrected chi connectivity index (χ2v) is 9.64. The number of nitrogens with one attached hydrogen (secondary N) is 1. The predicted octanol–water partition coefficient (Wildman–Crippen LogP) is 1.16. The Balaban J connectivity index is 2.38. The van der Waals surface area contributed by atoms with E-state index in [1.54, 1.807) is 19.9 Å². The molecular formula is C15H24N2O5S2. The maximum Gasteiger partial charge on any atom is 0.240 e. The molecule has 0 radical (unpaired) electrons. The van der Waals surface area contributed by atoms with Gasteiger partial charge in [0.25, 0.3) is 0 Å². The van der Waals surface area contributed by atoms with Gasteiger partial charge in [0.05, 0.1) is 22.9 Å². The Labute approximate surface area is 144 Å². The Hall–Kier alpha value is -1.16. The molecule has 136 valence electrons. The zero-order valence-electron chi connectivity index (χ0n) is 14.2. The number of hydrogen-bond acceptors (Lipinski definition) is 5. The maximum atomic E-state index is 12.4. The zero-order chi connectivity index (χ0) is 18.0. The van der Waals surface area contributed by atoms with E-state index in [4.69, 9.17) is 4.74 Å². The highest BCUT2D eigenvalue weighted by molar-refractivity contribution is 7.92. The Bertz CT molecular complexity index is 803. The molecule has 0 unspecified atom stereocenters. The first-order chi connectivity index (χ1) is 11.2. The van der Waals surface area contributed by atoms with Crippen LogP contribution in [0.3, 0.4) is 0 Å². The van der Waals surface area contributed by atoms with Crippen LogP contribution in [0.5, 0.6) is 0 Å². The van der Waals surface area contributed by atoms with Crippen molar-refractivity contribution in [1.29, 1.82) is 0 Å². The first-order valence-corrected chi connectivity index (χ1v) is 10.9. The fourth-order valence-electron chi connectivity index (χ4n) is 2.75. The number of nitrogens with zero attached hydrogens (tertiary/aromatic N) is 1. The standard InChI is InChI=1S/C15H24N2O5S2/c1-12-11-15(24(20,21)16-6-8-22-3)13(2)10-14(12)17-7-4-5-9-23(17,18)19/h10-11,16H,4-9H2,1-3H3. The van der Waals surface area contributed by atoms with Crippen molar-refractivity contribution in [3.05, 3.63) is 23.3 Å². The monoisotopic (exact) mass is 376 g/mol. The van der Waals surface area contributed by atoms with Crippen LogP contribution >= 0.6 is 0 Å². The van der Waals surface area contributed by atoms with Crippen LogP contribution in [-0.2, 0) is 24.8 Å². The first-order valence-electron chi connectivity index (χ1n) is 7.79. The van der Waals surface area contributed by atoms with Crippen LogP contribution in [0.1, 0.15) is 24.0 Å². The molecule has 1 aliphatic rings. The number of ether oxygens (including phenoxy) is 1. The van der Waals surface area contributed by atoms with Crippen LogP contribution in [0.25, 0.3) is 0 Å². The Morgan fingerprint density at radius 3 is 2.54 bits per heavy atom. The number of anilines is 1. The van der Waals surface area contributed by atoms with E-state index in [1.165, 1.54) is 17.5 Å². The van der Waals surface area contributed by atoms with Crippen LogP contribution in [0.15, 0.2) is 17.0 Å². The van der Waals surface area contributed by atoms with Gasteiger partial charge in [0.2, 0.25) is 20.0 Å². The van der Waals surface area contributed by atoms with Gasteiger partial charge >= 0.3 is 0 Å². The minimum atomic E-state index is -3.66. The quantitative estimate of drug-likeness (QED) is 0.752. The van der Waals surface area contributed by atoms with Gasteiger partial charge in [-0.2, -0.15) is 0 Å². The van der Waals surface area contributed by atoms with Gasteiger partial charge in [0, 0.05) is 20.2 Å². The van der Waals surface area contributed by atoms with E-state index < -0.39 is 20.0 Å². The fourth-order valence-corrected chi connectivity index (χ4v) is 5.76. The molecule has 2 rings (SSSR count). The fraction of sp³-hybridized carbons (Fsp3) is 0.600. The highest BCUT2D eigenvalue weighted by Crippen LogP contribution is 2.30. The molecule has 0 saturated carbocycles. The minimum absolute atomic E-state index is 0.129. The van der Waals surface area contributed by atoms with Gasteiger partial charge in [-0.3, -0.25) is 4.31 Å². The first kappa shape index (κ1) is 19.2. The molecule has 1 fully saturated rings. The molecule has 0 amide bonds. The molecule has 1 heterocycles. The van der Waals surface area contributed by atoms with E-state index in [-0.39, 0.29) is 23.8 Å². The molecule has 1 aliphatic heterocycles. The summed E-state index contributed by atoms with van der Waals surface area (Å²) in [5, 5.41) is 0. The number of rotatable bonds is 6. The summed E-state index contributed by atoms with van der Waals surface area (Å²) >= 11 is 0. The zero-order valence-corrected chi connectivity index (χ0v) is 15.8. The molecule has 0 atom stereocenters. The van der Waals surface area contributed by atoms with Crippen molar-refractivity contribution in [2.75, 3.05) is 36.9 Å². The van der Waals surface area contributed by atoms with Gasteiger partial charge in [-0.15, -0.1) is 0 Å². The number of benzene rings is 1. The van der Waals surface area contributed by atoms with Crippen LogP contribution in [0.4, 0.5) is 5.69 Å². The normalized spacial score (nSPS) is 17.9. The lowest BCUT2D eigenvalue weighted by molar-refractivity contribution is 0.204. The SMILES string of the molecule is COCCNS(=O)(=O)c1cc(C)c(N2CCCCS2(=O)=O)cc1C. The topological polar surface area (TPSA) is 92.8 Å². The lowest BCUT2D eigenvalue weighted by atomic mass is 10.1. The number of methoxy groups -OCH3 is 1. The third kappa shape index (κ3) is 4.08. The molecule has 9 heteroatoms. The molecule has 1 N–H and O–H groups in total. The number of aryl methyl sites for hydroxylation is 2. The predicted molar refractivity (Wildman–Crippen MR) is 93.3 cm³/mol. The van der Waals surface area contributed by atoms with E-state index in [2.05, 4.69) is 4.72 Å². The maximum absolute atomic E-state index is 12.4. The average molecular weight is 377 g/mol. The Morgan fingerprint density at radius 2 is 1.92 bits per heavy atom. The molecule has 0 bridgehead atoms. The lowest BCUT2D eigenvalue weighted by Gasteiger charge is -2.30. The second kappa shape index (κ2) is 7.38. The van der Waals surface area contributed by atoms with Crippen LogP contribution < -0.4 is 9.03 Å². The average Bonchev–Trinajstić information content (AvgIpc) is 2.49.